The van der Waals surface area contributed by atoms with Gasteiger partial charge in [0.25, 0.3) is 0 Å². The number of nitrogens with one attached hydrogen (secondary N) is 1. The van der Waals surface area contributed by atoms with Gasteiger partial charge in [0.15, 0.2) is 0 Å². The zero-order valence-corrected chi connectivity index (χ0v) is 9.82. The van der Waals surface area contributed by atoms with Crippen LogP contribution in [0.4, 0.5) is 0 Å². The van der Waals surface area contributed by atoms with Crippen LogP contribution in [0.5, 0.6) is 0 Å². The van der Waals surface area contributed by atoms with E-state index in [1.54, 1.807) is 0 Å². The third-order valence-electron chi connectivity index (χ3n) is 4.27. The van der Waals surface area contributed by atoms with Crippen LogP contribution in [0.2, 0.25) is 0 Å². The molecule has 4 heteroatoms. The molecule has 0 aliphatic carbocycles. The van der Waals surface area contributed by atoms with E-state index < -0.39 is 0 Å². The van der Waals surface area contributed by atoms with Crippen LogP contribution in [0.3, 0.4) is 0 Å². The van der Waals surface area contributed by atoms with E-state index in [4.69, 9.17) is 0 Å². The molecule has 0 aromatic rings. The molecule has 3 fully saturated rings. The summed E-state index contributed by atoms with van der Waals surface area (Å²) in [5, 5.41) is 3.23. The van der Waals surface area contributed by atoms with Gasteiger partial charge >= 0.3 is 0 Å². The van der Waals surface area contributed by atoms with Gasteiger partial charge in [-0.2, -0.15) is 0 Å². The van der Waals surface area contributed by atoms with Crippen molar-refractivity contribution in [2.24, 2.45) is 5.92 Å². The van der Waals surface area contributed by atoms with E-state index in [9.17, 15) is 4.79 Å². The number of piperazine rings is 1. The average molecular weight is 223 g/mol. The molecular formula is C12H21N3O. The van der Waals surface area contributed by atoms with E-state index in [0.717, 1.165) is 39.1 Å². The smallest absolute Gasteiger partial charge is 0.223 e. The van der Waals surface area contributed by atoms with Crippen molar-refractivity contribution < 1.29 is 4.79 Å². The quantitative estimate of drug-likeness (QED) is 0.710. The molecule has 0 spiro atoms. The molecule has 3 aliphatic rings. The minimum Gasteiger partial charge on any atom is -0.340 e. The predicted molar refractivity (Wildman–Crippen MR) is 62.2 cm³/mol. The standard InChI is InChI=1S/C12H21N3O/c16-12(6-10-7-13-8-10)15-5-4-14-3-1-2-11(14)9-15/h10-11,13H,1-9H2. The van der Waals surface area contributed by atoms with Gasteiger partial charge in [-0.1, -0.05) is 0 Å². The highest BCUT2D eigenvalue weighted by Crippen LogP contribution is 2.22. The summed E-state index contributed by atoms with van der Waals surface area (Å²) in [5.41, 5.74) is 0. The Hall–Kier alpha value is -0.610. The van der Waals surface area contributed by atoms with E-state index in [0.29, 0.717) is 17.9 Å². The van der Waals surface area contributed by atoms with E-state index in [-0.39, 0.29) is 0 Å². The van der Waals surface area contributed by atoms with Gasteiger partial charge in [0, 0.05) is 32.1 Å². The lowest BCUT2D eigenvalue weighted by Gasteiger charge is -2.38. The van der Waals surface area contributed by atoms with Crippen LogP contribution in [0, 0.1) is 5.92 Å². The Bertz CT molecular complexity index is 277. The highest BCUT2D eigenvalue weighted by Gasteiger charge is 2.33. The van der Waals surface area contributed by atoms with Crippen molar-refractivity contribution >= 4 is 5.91 Å². The van der Waals surface area contributed by atoms with Crippen LogP contribution in [0.15, 0.2) is 0 Å². The molecule has 16 heavy (non-hydrogen) atoms. The number of hydrogen-bond donors (Lipinski definition) is 1. The van der Waals surface area contributed by atoms with Crippen molar-refractivity contribution in [1.82, 2.24) is 15.1 Å². The van der Waals surface area contributed by atoms with Crippen LogP contribution >= 0.6 is 0 Å². The van der Waals surface area contributed by atoms with Crippen LogP contribution in [0.1, 0.15) is 19.3 Å². The van der Waals surface area contributed by atoms with Crippen molar-refractivity contribution in [1.29, 1.82) is 0 Å². The Labute approximate surface area is 97.0 Å². The molecule has 1 atom stereocenters. The topological polar surface area (TPSA) is 35.6 Å². The maximum Gasteiger partial charge on any atom is 0.223 e. The van der Waals surface area contributed by atoms with Crippen LogP contribution in [-0.4, -0.2) is 61.0 Å². The van der Waals surface area contributed by atoms with Crippen LogP contribution in [-0.2, 0) is 4.79 Å². The van der Waals surface area contributed by atoms with Crippen molar-refractivity contribution in [2.45, 2.75) is 25.3 Å². The second-order valence-electron chi connectivity index (χ2n) is 5.40. The van der Waals surface area contributed by atoms with E-state index in [1.165, 1.54) is 19.4 Å². The summed E-state index contributed by atoms with van der Waals surface area (Å²) in [6.45, 7) is 6.36. The normalized spacial score (nSPS) is 31.2. The molecule has 3 rings (SSSR count). The molecule has 0 radical (unpaired) electrons. The average Bonchev–Trinajstić information content (AvgIpc) is 2.69. The molecular weight excluding hydrogens is 202 g/mol. The second kappa shape index (κ2) is 4.34. The Morgan fingerprint density at radius 3 is 2.88 bits per heavy atom. The zero-order valence-electron chi connectivity index (χ0n) is 9.82. The lowest BCUT2D eigenvalue weighted by atomic mass is 9.98. The Morgan fingerprint density at radius 2 is 2.12 bits per heavy atom. The fourth-order valence-corrected chi connectivity index (χ4v) is 3.09. The first-order valence-electron chi connectivity index (χ1n) is 6.55. The molecule has 4 nitrogen and oxygen atoms in total. The highest BCUT2D eigenvalue weighted by atomic mass is 16.2. The number of carbonyl (C=O) groups excluding carboxylic acids is 1. The van der Waals surface area contributed by atoms with Crippen molar-refractivity contribution in [3.63, 3.8) is 0 Å². The number of nitrogens with zero attached hydrogens (tertiary/aromatic N) is 2. The molecule has 1 N–H and O–H groups in total. The van der Waals surface area contributed by atoms with Gasteiger partial charge in [0.1, 0.15) is 0 Å². The summed E-state index contributed by atoms with van der Waals surface area (Å²) in [4.78, 5) is 16.7. The molecule has 1 amide bonds. The first kappa shape index (κ1) is 10.5. The van der Waals surface area contributed by atoms with E-state index >= 15 is 0 Å². The maximum atomic E-state index is 12.1. The summed E-state index contributed by atoms with van der Waals surface area (Å²) < 4.78 is 0. The third kappa shape index (κ3) is 1.96. The maximum absolute atomic E-state index is 12.1. The number of carbonyl (C=O) groups is 1. The fourth-order valence-electron chi connectivity index (χ4n) is 3.09. The zero-order chi connectivity index (χ0) is 11.0. The molecule has 1 unspecified atom stereocenters. The lowest BCUT2D eigenvalue weighted by molar-refractivity contribution is -0.135. The molecule has 90 valence electrons. The molecule has 0 bridgehead atoms. The largest absolute Gasteiger partial charge is 0.340 e. The minimum absolute atomic E-state index is 0.387. The fraction of sp³-hybridized carbons (Fsp3) is 0.917. The third-order valence-corrected chi connectivity index (χ3v) is 4.27. The lowest BCUT2D eigenvalue weighted by Crippen LogP contribution is -2.53. The van der Waals surface area contributed by atoms with Gasteiger partial charge in [-0.3, -0.25) is 9.69 Å². The highest BCUT2D eigenvalue weighted by molar-refractivity contribution is 5.76. The van der Waals surface area contributed by atoms with Crippen LogP contribution < -0.4 is 5.32 Å². The number of hydrogen-bond acceptors (Lipinski definition) is 3. The summed E-state index contributed by atoms with van der Waals surface area (Å²) in [5.74, 6) is 0.993. The van der Waals surface area contributed by atoms with Crippen molar-refractivity contribution in [3.05, 3.63) is 0 Å². The molecule has 0 saturated carbocycles. The number of rotatable bonds is 2. The monoisotopic (exact) mass is 223 g/mol. The Morgan fingerprint density at radius 1 is 1.25 bits per heavy atom. The van der Waals surface area contributed by atoms with Gasteiger partial charge in [0.05, 0.1) is 0 Å². The summed E-state index contributed by atoms with van der Waals surface area (Å²) in [6, 6.07) is 0.664. The molecule has 0 aromatic carbocycles. The second-order valence-corrected chi connectivity index (χ2v) is 5.40. The summed E-state index contributed by atoms with van der Waals surface area (Å²) >= 11 is 0. The predicted octanol–water partition coefficient (Wildman–Crippen LogP) is -0.0975. The number of amides is 1. The van der Waals surface area contributed by atoms with Crippen molar-refractivity contribution in [2.75, 3.05) is 39.3 Å². The molecule has 0 aromatic heterocycles. The van der Waals surface area contributed by atoms with Gasteiger partial charge < -0.3 is 10.2 Å². The molecule has 3 heterocycles. The van der Waals surface area contributed by atoms with Gasteiger partial charge in [0.2, 0.25) is 5.91 Å². The van der Waals surface area contributed by atoms with E-state index in [1.807, 2.05) is 0 Å². The summed E-state index contributed by atoms with van der Waals surface area (Å²) in [7, 11) is 0. The van der Waals surface area contributed by atoms with Gasteiger partial charge in [-0.05, 0) is 38.4 Å². The first-order valence-corrected chi connectivity index (χ1v) is 6.55. The van der Waals surface area contributed by atoms with E-state index in [2.05, 4.69) is 15.1 Å². The number of fused-ring (bicyclic) bond motifs is 1. The summed E-state index contributed by atoms with van der Waals surface area (Å²) in [6.07, 6.45) is 3.37. The molecule has 3 saturated heterocycles. The van der Waals surface area contributed by atoms with Gasteiger partial charge in [-0.15, -0.1) is 0 Å². The van der Waals surface area contributed by atoms with Crippen molar-refractivity contribution in [3.8, 4) is 0 Å². The minimum atomic E-state index is 0.387. The first-order chi connectivity index (χ1) is 7.83. The Balaban J connectivity index is 1.52. The Kier molecular flexibility index (Phi) is 2.86. The van der Waals surface area contributed by atoms with Crippen LogP contribution in [0.25, 0.3) is 0 Å². The molecule has 3 aliphatic heterocycles. The van der Waals surface area contributed by atoms with Gasteiger partial charge in [-0.25, -0.2) is 0 Å². The SMILES string of the molecule is O=C(CC1CNC1)N1CCN2CCCC2C1.